The number of nitro groups is 1. The number of hydrazone groups is 1. The number of carbonyl (C=O) groups is 1. The van der Waals surface area contributed by atoms with Gasteiger partial charge in [-0.15, -0.1) is 0 Å². The van der Waals surface area contributed by atoms with Crippen LogP contribution in [0.5, 0.6) is 5.75 Å². The second-order valence-electron chi connectivity index (χ2n) is 9.44. The van der Waals surface area contributed by atoms with Crippen LogP contribution in [0.1, 0.15) is 22.5 Å². The lowest BCUT2D eigenvalue weighted by atomic mass is 10.2. The number of hydrogen-bond donors (Lipinski definition) is 1. The van der Waals surface area contributed by atoms with Crippen LogP contribution in [0.25, 0.3) is 5.69 Å². The van der Waals surface area contributed by atoms with Crippen LogP contribution < -0.4 is 14.5 Å². The Morgan fingerprint density at radius 3 is 2.44 bits per heavy atom. The third kappa shape index (κ3) is 6.66. The number of aryl methyl sites for hydroxylation is 2. The number of rotatable bonds is 10. The molecule has 0 aliphatic rings. The first-order valence-electron chi connectivity index (χ1n) is 12.7. The van der Waals surface area contributed by atoms with Crippen LogP contribution in [0.15, 0.2) is 76.7 Å². The number of methoxy groups -OCH3 is 1. The van der Waals surface area contributed by atoms with E-state index in [1.807, 2.05) is 30.5 Å². The van der Waals surface area contributed by atoms with E-state index in [9.17, 15) is 23.3 Å². The molecule has 14 heteroatoms. The van der Waals surface area contributed by atoms with Gasteiger partial charge in [-0.3, -0.25) is 19.2 Å². The van der Waals surface area contributed by atoms with Gasteiger partial charge >= 0.3 is 0 Å². The fourth-order valence-electron chi connectivity index (χ4n) is 4.43. The Labute approximate surface area is 258 Å². The van der Waals surface area contributed by atoms with Crippen molar-refractivity contribution in [3.05, 3.63) is 109 Å². The van der Waals surface area contributed by atoms with Crippen LogP contribution in [0, 0.1) is 30.9 Å². The molecule has 1 heterocycles. The van der Waals surface area contributed by atoms with Gasteiger partial charge in [-0.25, -0.2) is 13.8 Å². The largest absolute Gasteiger partial charge is 0.497 e. The molecule has 1 amide bonds. The van der Waals surface area contributed by atoms with Crippen molar-refractivity contribution in [1.82, 2.24) is 9.99 Å². The average molecular weight is 645 g/mol. The molecule has 4 aromatic rings. The summed E-state index contributed by atoms with van der Waals surface area (Å²) in [6, 6.07) is 16.7. The Morgan fingerprint density at radius 1 is 1.09 bits per heavy atom. The summed E-state index contributed by atoms with van der Waals surface area (Å²) in [4.78, 5) is 23.5. The van der Waals surface area contributed by atoms with Crippen LogP contribution in [-0.2, 0) is 14.8 Å². The number of halogens is 2. The number of anilines is 1. The highest BCUT2D eigenvalue weighted by Crippen LogP contribution is 2.32. The molecular weight excluding hydrogens is 617 g/mol. The number of carbonyl (C=O) groups excluding carboxylic acids is 1. The molecule has 3 aromatic carbocycles. The van der Waals surface area contributed by atoms with Gasteiger partial charge in [0.25, 0.3) is 21.6 Å². The van der Waals surface area contributed by atoms with Gasteiger partial charge in [-0.05, 0) is 69.3 Å². The average Bonchev–Trinajstić information content (AvgIpc) is 3.25. The smallest absolute Gasteiger partial charge is 0.273 e. The molecule has 0 spiro atoms. The summed E-state index contributed by atoms with van der Waals surface area (Å²) in [6.07, 6.45) is 1.44. The number of nitrogens with one attached hydrogen (secondary N) is 1. The van der Waals surface area contributed by atoms with E-state index >= 15 is 0 Å². The van der Waals surface area contributed by atoms with E-state index in [2.05, 4.69) is 10.5 Å². The van der Waals surface area contributed by atoms with Gasteiger partial charge in [0, 0.05) is 28.6 Å². The summed E-state index contributed by atoms with van der Waals surface area (Å²) in [5, 5.41) is 16.3. The highest BCUT2D eigenvalue weighted by atomic mass is 35.5. The van der Waals surface area contributed by atoms with Crippen LogP contribution in [-0.4, -0.2) is 43.7 Å². The molecule has 224 valence electrons. The lowest BCUT2D eigenvalue weighted by Gasteiger charge is -2.24. The number of nitro benzene ring substituents is 1. The second-order valence-corrected chi connectivity index (χ2v) is 12.1. The van der Waals surface area contributed by atoms with E-state index < -0.39 is 27.4 Å². The molecule has 0 atom stereocenters. The Balaban J connectivity index is 1.61. The Hall–Kier alpha value is -4.39. The monoisotopic (exact) mass is 643 g/mol. The van der Waals surface area contributed by atoms with Crippen molar-refractivity contribution >= 4 is 56.7 Å². The van der Waals surface area contributed by atoms with E-state index in [1.165, 1.54) is 56.6 Å². The van der Waals surface area contributed by atoms with Crippen LogP contribution in [0.4, 0.5) is 11.4 Å². The maximum absolute atomic E-state index is 13.7. The summed E-state index contributed by atoms with van der Waals surface area (Å²) < 4.78 is 35.3. The number of amides is 1. The standard InChI is InChI=1S/C29H27Cl2N5O6S/c1-18-8-13-24(15-27(18)36(38)39)43(40,41)34(22-9-11-23(42-4)12-10-22)17-28(37)33-32-16-21-14-19(2)35(20(21)3)26-7-5-6-25(30)29(26)31/h5-16H,17H2,1-4H3,(H,33,37)/b32-16-. The minimum atomic E-state index is -4.42. The fourth-order valence-corrected chi connectivity index (χ4v) is 6.25. The molecular formula is C29H27Cl2N5O6S. The van der Waals surface area contributed by atoms with Gasteiger partial charge < -0.3 is 9.30 Å². The SMILES string of the molecule is COc1ccc(N(CC(=O)N/N=C\c2cc(C)n(-c3cccc(Cl)c3Cl)c2C)S(=O)(=O)c2ccc(C)c([N+](=O)[O-])c2)cc1. The zero-order valence-electron chi connectivity index (χ0n) is 23.5. The molecule has 1 aromatic heterocycles. The van der Waals surface area contributed by atoms with E-state index in [4.69, 9.17) is 27.9 Å². The van der Waals surface area contributed by atoms with E-state index in [1.54, 1.807) is 12.1 Å². The van der Waals surface area contributed by atoms with Crippen molar-refractivity contribution in [2.45, 2.75) is 25.7 Å². The number of benzene rings is 3. The summed E-state index contributed by atoms with van der Waals surface area (Å²) in [6.45, 7) is 4.58. The highest BCUT2D eigenvalue weighted by molar-refractivity contribution is 7.92. The summed E-state index contributed by atoms with van der Waals surface area (Å²) in [5.74, 6) is -0.276. The van der Waals surface area contributed by atoms with Crippen molar-refractivity contribution in [2.75, 3.05) is 18.0 Å². The number of sulfonamides is 1. The first-order valence-corrected chi connectivity index (χ1v) is 14.9. The zero-order chi connectivity index (χ0) is 31.5. The fraction of sp³-hybridized carbons (Fsp3) is 0.172. The van der Waals surface area contributed by atoms with E-state index in [-0.39, 0.29) is 16.3 Å². The van der Waals surface area contributed by atoms with Gasteiger partial charge in [0.2, 0.25) is 0 Å². The molecule has 1 N–H and O–H groups in total. The van der Waals surface area contributed by atoms with Crippen LogP contribution >= 0.6 is 23.2 Å². The van der Waals surface area contributed by atoms with E-state index in [0.717, 1.165) is 21.8 Å². The summed E-state index contributed by atoms with van der Waals surface area (Å²) in [5.41, 5.74) is 5.44. The summed E-state index contributed by atoms with van der Waals surface area (Å²) in [7, 11) is -2.96. The molecule has 0 bridgehead atoms. The third-order valence-corrected chi connectivity index (χ3v) is 9.23. The topological polar surface area (TPSA) is 136 Å². The summed E-state index contributed by atoms with van der Waals surface area (Å²) >= 11 is 12.6. The van der Waals surface area contributed by atoms with Crippen molar-refractivity contribution in [2.24, 2.45) is 5.10 Å². The number of ether oxygens (including phenoxy) is 1. The lowest BCUT2D eigenvalue weighted by molar-refractivity contribution is -0.385. The normalized spacial score (nSPS) is 11.5. The van der Waals surface area contributed by atoms with Crippen LogP contribution in [0.2, 0.25) is 10.0 Å². The van der Waals surface area contributed by atoms with Crippen molar-refractivity contribution in [1.29, 1.82) is 0 Å². The zero-order valence-corrected chi connectivity index (χ0v) is 25.9. The molecule has 0 unspecified atom stereocenters. The van der Waals surface area contributed by atoms with E-state index in [0.29, 0.717) is 32.6 Å². The molecule has 0 aliphatic carbocycles. The maximum Gasteiger partial charge on any atom is 0.273 e. The second kappa shape index (κ2) is 12.9. The van der Waals surface area contributed by atoms with Gasteiger partial charge in [0.05, 0.1) is 44.6 Å². The van der Waals surface area contributed by atoms with Gasteiger partial charge in [-0.1, -0.05) is 35.3 Å². The first-order chi connectivity index (χ1) is 20.3. The van der Waals surface area contributed by atoms with Crippen molar-refractivity contribution in [3.8, 4) is 11.4 Å². The Bertz CT molecular complexity index is 1840. The molecule has 4 rings (SSSR count). The van der Waals surface area contributed by atoms with Gasteiger partial charge in [-0.2, -0.15) is 5.10 Å². The molecule has 0 fully saturated rings. The van der Waals surface area contributed by atoms with Crippen LogP contribution in [0.3, 0.4) is 0 Å². The lowest BCUT2D eigenvalue weighted by Crippen LogP contribution is -2.39. The number of aromatic nitrogens is 1. The molecule has 0 radical (unpaired) electrons. The maximum atomic E-state index is 13.7. The number of nitrogens with zero attached hydrogens (tertiary/aromatic N) is 4. The van der Waals surface area contributed by atoms with Crippen molar-refractivity contribution < 1.29 is 22.9 Å². The molecule has 0 saturated carbocycles. The number of hydrogen-bond acceptors (Lipinski definition) is 7. The minimum Gasteiger partial charge on any atom is -0.497 e. The quantitative estimate of drug-likeness (QED) is 0.128. The third-order valence-electron chi connectivity index (χ3n) is 6.65. The molecule has 0 aliphatic heterocycles. The Kier molecular flexibility index (Phi) is 9.43. The predicted octanol–water partition coefficient (Wildman–Crippen LogP) is 5.97. The first kappa shape index (κ1) is 31.5. The van der Waals surface area contributed by atoms with Gasteiger partial charge in [0.15, 0.2) is 0 Å². The molecule has 11 nitrogen and oxygen atoms in total. The molecule has 43 heavy (non-hydrogen) atoms. The molecule has 0 saturated heterocycles. The van der Waals surface area contributed by atoms with Crippen molar-refractivity contribution in [3.63, 3.8) is 0 Å². The predicted molar refractivity (Wildman–Crippen MR) is 166 cm³/mol. The highest BCUT2D eigenvalue weighted by Gasteiger charge is 2.29. The van der Waals surface area contributed by atoms with Gasteiger partial charge in [0.1, 0.15) is 12.3 Å². The minimum absolute atomic E-state index is 0.144. The Morgan fingerprint density at radius 2 is 1.79 bits per heavy atom.